The zero-order valence-corrected chi connectivity index (χ0v) is 21.4. The van der Waals surface area contributed by atoms with Crippen molar-refractivity contribution in [3.63, 3.8) is 0 Å². The summed E-state index contributed by atoms with van der Waals surface area (Å²) in [6.07, 6.45) is 3.19. The number of hydrogen-bond donors (Lipinski definition) is 2. The number of hydrogen-bond acceptors (Lipinski definition) is 6. The second kappa shape index (κ2) is 10.7. The number of nitrogens with one attached hydrogen (secondary N) is 2. The highest BCUT2D eigenvalue weighted by Crippen LogP contribution is 2.26. The molecule has 1 aliphatic carbocycles. The van der Waals surface area contributed by atoms with Crippen LogP contribution in [0, 0.1) is 3.57 Å². The molecule has 0 saturated carbocycles. The van der Waals surface area contributed by atoms with Gasteiger partial charge in [-0.1, -0.05) is 12.1 Å². The molecule has 1 aromatic heterocycles. The van der Waals surface area contributed by atoms with Crippen molar-refractivity contribution >= 4 is 56.9 Å². The van der Waals surface area contributed by atoms with Gasteiger partial charge in [-0.25, -0.2) is 14.2 Å². The van der Waals surface area contributed by atoms with Crippen molar-refractivity contribution < 1.29 is 18.7 Å². The van der Waals surface area contributed by atoms with Gasteiger partial charge in [-0.05, 0) is 65.1 Å². The number of ether oxygens (including phenoxy) is 1. The number of nitrogens with zero attached hydrogens (tertiary/aromatic N) is 3. The number of fused-ring (bicyclic) bond motifs is 1. The standard InChI is InChI=1S/C26H23FIN5O3/c27-21-6-5-19(31-26(35)30-18-3-1-2-17(28)13-18)14-20(21)25(34)16-4-7-22-23(12-16)32-24(15-29-22)33-8-10-36-11-9-33/h1-5,7,12-15,21H,6,8-11H2,(H2,30,31,35). The Labute approximate surface area is 220 Å². The average Bonchev–Trinajstić information content (AvgIpc) is 2.89. The van der Waals surface area contributed by atoms with Gasteiger partial charge in [-0.15, -0.1) is 0 Å². The Morgan fingerprint density at radius 2 is 1.92 bits per heavy atom. The lowest BCUT2D eigenvalue weighted by atomic mass is 9.93. The van der Waals surface area contributed by atoms with Gasteiger partial charge in [-0.2, -0.15) is 0 Å². The van der Waals surface area contributed by atoms with Crippen molar-refractivity contribution in [1.82, 2.24) is 15.3 Å². The van der Waals surface area contributed by atoms with Crippen molar-refractivity contribution in [3.8, 4) is 0 Å². The average molecular weight is 599 g/mol. The molecule has 2 amide bonds. The Hall–Kier alpha value is -3.38. The van der Waals surface area contributed by atoms with Crippen molar-refractivity contribution in [2.75, 3.05) is 36.5 Å². The molecule has 0 spiro atoms. The second-order valence-corrected chi connectivity index (χ2v) is 9.66. The zero-order chi connectivity index (χ0) is 25.1. The van der Waals surface area contributed by atoms with Crippen LogP contribution in [0.4, 0.5) is 20.7 Å². The summed E-state index contributed by atoms with van der Waals surface area (Å²) in [6, 6.07) is 11.8. The number of benzene rings is 2. The van der Waals surface area contributed by atoms with Gasteiger partial charge in [0.25, 0.3) is 0 Å². The minimum Gasteiger partial charge on any atom is -0.378 e. The Kier molecular flexibility index (Phi) is 7.23. The van der Waals surface area contributed by atoms with Gasteiger partial charge in [0.2, 0.25) is 0 Å². The van der Waals surface area contributed by atoms with E-state index in [4.69, 9.17) is 4.74 Å². The van der Waals surface area contributed by atoms with E-state index in [1.165, 1.54) is 6.08 Å². The number of morpholine rings is 1. The number of aromatic nitrogens is 2. The molecule has 2 aliphatic rings. The van der Waals surface area contributed by atoms with Crippen LogP contribution in [0.2, 0.25) is 0 Å². The third kappa shape index (κ3) is 5.54. The van der Waals surface area contributed by atoms with Crippen LogP contribution in [0.25, 0.3) is 11.0 Å². The summed E-state index contributed by atoms with van der Waals surface area (Å²) in [7, 11) is 0. The van der Waals surface area contributed by atoms with Gasteiger partial charge in [0.15, 0.2) is 5.78 Å². The van der Waals surface area contributed by atoms with Crippen molar-refractivity contribution in [1.29, 1.82) is 0 Å². The number of ketones is 1. The van der Waals surface area contributed by atoms with Gasteiger partial charge >= 0.3 is 6.03 Å². The Bertz CT molecular complexity index is 1390. The number of anilines is 2. The van der Waals surface area contributed by atoms with Crippen LogP contribution in [0.1, 0.15) is 16.8 Å². The number of Topliss-reactive ketones (excluding diaryl/α,β-unsaturated/α-hetero) is 1. The first-order valence-corrected chi connectivity index (χ1v) is 12.6. The maximum atomic E-state index is 14.8. The van der Waals surface area contributed by atoms with Crippen molar-refractivity contribution in [2.24, 2.45) is 0 Å². The summed E-state index contributed by atoms with van der Waals surface area (Å²) in [5.74, 6) is 0.262. The van der Waals surface area contributed by atoms with Crippen LogP contribution in [0.3, 0.4) is 0 Å². The minimum atomic E-state index is -1.47. The molecule has 1 atom stereocenters. The van der Waals surface area contributed by atoms with Crippen molar-refractivity contribution in [2.45, 2.75) is 12.6 Å². The summed E-state index contributed by atoms with van der Waals surface area (Å²) in [6.45, 7) is 2.68. The van der Waals surface area contributed by atoms with E-state index in [-0.39, 0.29) is 12.0 Å². The third-order valence-electron chi connectivity index (χ3n) is 5.92. The fourth-order valence-corrected chi connectivity index (χ4v) is 4.63. The lowest BCUT2D eigenvalue weighted by Gasteiger charge is -2.27. The summed E-state index contributed by atoms with van der Waals surface area (Å²) in [5.41, 5.74) is 2.50. The lowest BCUT2D eigenvalue weighted by Crippen LogP contribution is -2.36. The van der Waals surface area contributed by atoms with E-state index in [0.717, 1.165) is 3.57 Å². The molecular weight excluding hydrogens is 576 g/mol. The van der Waals surface area contributed by atoms with Gasteiger partial charge in [0.05, 0.1) is 30.4 Å². The Morgan fingerprint density at radius 1 is 1.08 bits per heavy atom. The monoisotopic (exact) mass is 599 g/mol. The number of amides is 2. The minimum absolute atomic E-state index is 0.00894. The number of halogens is 2. The van der Waals surface area contributed by atoms with E-state index in [2.05, 4.69) is 48.1 Å². The molecule has 1 aliphatic heterocycles. The van der Waals surface area contributed by atoms with Crippen LogP contribution < -0.4 is 15.5 Å². The normalized spacial score (nSPS) is 17.8. The molecule has 2 N–H and O–H groups in total. The van der Waals surface area contributed by atoms with Crippen LogP contribution in [-0.2, 0) is 4.74 Å². The first-order valence-electron chi connectivity index (χ1n) is 11.5. The first-order chi connectivity index (χ1) is 17.5. The van der Waals surface area contributed by atoms with Crippen molar-refractivity contribution in [3.05, 3.63) is 81.2 Å². The van der Waals surface area contributed by atoms with E-state index in [1.54, 1.807) is 36.5 Å². The summed E-state index contributed by atoms with van der Waals surface area (Å²) >= 11 is 2.16. The van der Waals surface area contributed by atoms with Gasteiger partial charge in [0, 0.05) is 45.6 Å². The van der Waals surface area contributed by atoms with E-state index in [0.29, 0.717) is 60.1 Å². The fourth-order valence-electron chi connectivity index (χ4n) is 4.08. The van der Waals surface area contributed by atoms with Gasteiger partial charge in [-0.3, -0.25) is 9.78 Å². The van der Waals surface area contributed by atoms with E-state index < -0.39 is 18.0 Å². The highest BCUT2D eigenvalue weighted by molar-refractivity contribution is 14.1. The van der Waals surface area contributed by atoms with Crippen LogP contribution in [0.5, 0.6) is 0 Å². The largest absolute Gasteiger partial charge is 0.378 e. The van der Waals surface area contributed by atoms with E-state index in [1.807, 2.05) is 18.2 Å². The first kappa shape index (κ1) is 24.3. The lowest BCUT2D eigenvalue weighted by molar-refractivity contribution is 0.101. The predicted molar refractivity (Wildman–Crippen MR) is 144 cm³/mol. The molecule has 8 nitrogen and oxygen atoms in total. The van der Waals surface area contributed by atoms with Gasteiger partial charge in [0.1, 0.15) is 12.0 Å². The number of carbonyl (C=O) groups is 2. The third-order valence-corrected chi connectivity index (χ3v) is 6.59. The number of rotatable bonds is 5. The molecule has 5 rings (SSSR count). The zero-order valence-electron chi connectivity index (χ0n) is 19.2. The summed E-state index contributed by atoms with van der Waals surface area (Å²) in [5, 5.41) is 5.43. The molecule has 184 valence electrons. The number of carbonyl (C=O) groups excluding carboxylic acids is 2. The molecular formula is C26H23FIN5O3. The smallest absolute Gasteiger partial charge is 0.323 e. The Morgan fingerprint density at radius 3 is 2.72 bits per heavy atom. The quantitative estimate of drug-likeness (QED) is 0.328. The molecule has 10 heteroatoms. The van der Waals surface area contributed by atoms with Crippen LogP contribution >= 0.6 is 22.6 Å². The second-order valence-electron chi connectivity index (χ2n) is 8.41. The molecule has 1 unspecified atom stereocenters. The van der Waals surface area contributed by atoms with Crippen LogP contribution in [-0.4, -0.2) is 54.3 Å². The summed E-state index contributed by atoms with van der Waals surface area (Å²) < 4.78 is 21.2. The number of allylic oxidation sites excluding steroid dienone is 3. The Balaban J connectivity index is 1.34. The molecule has 3 aromatic rings. The fraction of sp³-hybridized carbons (Fsp3) is 0.231. The highest BCUT2D eigenvalue weighted by Gasteiger charge is 2.25. The SMILES string of the molecule is O=C(NC1=CCC(F)C(C(=O)c2ccc3ncc(N4CCOCC4)nc3c2)=C1)Nc1cccc(I)c1. The molecule has 0 bridgehead atoms. The molecule has 2 aromatic carbocycles. The number of alkyl halides is 1. The highest BCUT2D eigenvalue weighted by atomic mass is 127. The number of urea groups is 1. The maximum Gasteiger partial charge on any atom is 0.323 e. The molecule has 0 radical (unpaired) electrons. The van der Waals surface area contributed by atoms with E-state index >= 15 is 0 Å². The summed E-state index contributed by atoms with van der Waals surface area (Å²) in [4.78, 5) is 36.9. The molecule has 36 heavy (non-hydrogen) atoms. The molecule has 1 saturated heterocycles. The molecule has 1 fully saturated rings. The van der Waals surface area contributed by atoms with E-state index in [9.17, 15) is 14.0 Å². The predicted octanol–water partition coefficient (Wildman–Crippen LogP) is 4.63. The van der Waals surface area contributed by atoms with Gasteiger partial charge < -0.3 is 20.3 Å². The molecule has 2 heterocycles. The topological polar surface area (TPSA) is 96.5 Å². The van der Waals surface area contributed by atoms with Crippen LogP contribution in [0.15, 0.2) is 72.1 Å². The maximum absolute atomic E-state index is 14.8.